The van der Waals surface area contributed by atoms with E-state index in [2.05, 4.69) is 0 Å². The van der Waals surface area contributed by atoms with Crippen LogP contribution in [0.1, 0.15) is 57.8 Å². The lowest BCUT2D eigenvalue weighted by atomic mass is 9.80. The molecule has 6 N–H and O–H groups in total. The van der Waals surface area contributed by atoms with Crippen molar-refractivity contribution in [2.45, 2.75) is 69.9 Å². The summed E-state index contributed by atoms with van der Waals surface area (Å²) >= 11 is 0. The number of hydroxylamine groups is 1. The van der Waals surface area contributed by atoms with E-state index in [0.29, 0.717) is 6.42 Å². The van der Waals surface area contributed by atoms with Crippen LogP contribution in [0.3, 0.4) is 0 Å². The van der Waals surface area contributed by atoms with Crippen molar-refractivity contribution in [1.29, 1.82) is 0 Å². The van der Waals surface area contributed by atoms with Gasteiger partial charge in [-0.15, -0.1) is 0 Å². The summed E-state index contributed by atoms with van der Waals surface area (Å²) in [5, 5.41) is 8.33. The van der Waals surface area contributed by atoms with E-state index in [-0.39, 0.29) is 18.0 Å². The minimum Gasteiger partial charge on any atom is -0.326 e. The van der Waals surface area contributed by atoms with E-state index >= 15 is 0 Å². The first-order valence-corrected chi connectivity index (χ1v) is 7.07. The van der Waals surface area contributed by atoms with Gasteiger partial charge >= 0.3 is 0 Å². The number of rotatable bonds is 7. The normalized spacial score (nSPS) is 28.1. The van der Waals surface area contributed by atoms with Crippen LogP contribution in [-0.4, -0.2) is 23.2 Å². The SMILES string of the molecule is N[C@@H]1CCC(CCCCCCC(=O)NO)C[C@H]1N. The third-order valence-electron chi connectivity index (χ3n) is 3.95. The Morgan fingerprint density at radius 3 is 2.50 bits per heavy atom. The Balaban J connectivity index is 1.96. The lowest BCUT2D eigenvalue weighted by molar-refractivity contribution is -0.129. The monoisotopic (exact) mass is 257 g/mol. The maximum absolute atomic E-state index is 10.8. The fourth-order valence-corrected chi connectivity index (χ4v) is 2.71. The van der Waals surface area contributed by atoms with Crippen molar-refractivity contribution < 1.29 is 10.0 Å². The second kappa shape index (κ2) is 8.45. The first-order chi connectivity index (χ1) is 8.63. The average molecular weight is 257 g/mol. The molecule has 0 spiro atoms. The van der Waals surface area contributed by atoms with Crippen LogP contribution in [0.5, 0.6) is 0 Å². The van der Waals surface area contributed by atoms with Crippen LogP contribution in [0.15, 0.2) is 0 Å². The van der Waals surface area contributed by atoms with E-state index in [1.807, 2.05) is 0 Å². The molecule has 0 aromatic carbocycles. The van der Waals surface area contributed by atoms with E-state index in [0.717, 1.165) is 38.0 Å². The highest BCUT2D eigenvalue weighted by Crippen LogP contribution is 2.27. The Morgan fingerprint density at radius 2 is 1.83 bits per heavy atom. The van der Waals surface area contributed by atoms with Crippen LogP contribution < -0.4 is 16.9 Å². The van der Waals surface area contributed by atoms with Gasteiger partial charge in [0, 0.05) is 18.5 Å². The van der Waals surface area contributed by atoms with Gasteiger partial charge in [-0.25, -0.2) is 5.48 Å². The van der Waals surface area contributed by atoms with Gasteiger partial charge in [0.15, 0.2) is 0 Å². The van der Waals surface area contributed by atoms with Crippen molar-refractivity contribution in [3.05, 3.63) is 0 Å². The summed E-state index contributed by atoms with van der Waals surface area (Å²) in [6.07, 6.45) is 9.22. The Kier molecular flexibility index (Phi) is 7.23. The molecule has 0 radical (unpaired) electrons. The lowest BCUT2D eigenvalue weighted by Crippen LogP contribution is -2.45. The standard InChI is InChI=1S/C13H27N3O2/c14-11-8-7-10(9-12(11)15)5-3-1-2-4-6-13(17)16-18/h10-12,18H,1-9,14-15H2,(H,16,17)/t10?,11-,12-/m1/s1. The summed E-state index contributed by atoms with van der Waals surface area (Å²) in [6, 6.07) is 0.371. The van der Waals surface area contributed by atoms with Crippen molar-refractivity contribution in [3.63, 3.8) is 0 Å². The molecular weight excluding hydrogens is 230 g/mol. The Morgan fingerprint density at radius 1 is 1.11 bits per heavy atom. The molecule has 1 saturated carbocycles. The molecule has 18 heavy (non-hydrogen) atoms. The Labute approximate surface area is 109 Å². The minimum atomic E-state index is -0.290. The van der Waals surface area contributed by atoms with Crippen molar-refractivity contribution in [3.8, 4) is 0 Å². The van der Waals surface area contributed by atoms with E-state index in [1.165, 1.54) is 19.3 Å². The number of unbranched alkanes of at least 4 members (excludes halogenated alkanes) is 3. The molecule has 5 heteroatoms. The minimum absolute atomic E-state index is 0.178. The molecule has 0 aromatic heterocycles. The number of carbonyl (C=O) groups excluding carboxylic acids is 1. The molecule has 1 fully saturated rings. The zero-order valence-electron chi connectivity index (χ0n) is 11.1. The van der Waals surface area contributed by atoms with Crippen molar-refractivity contribution in [2.75, 3.05) is 0 Å². The van der Waals surface area contributed by atoms with Gasteiger partial charge in [-0.3, -0.25) is 10.0 Å². The van der Waals surface area contributed by atoms with Crippen molar-refractivity contribution in [1.82, 2.24) is 5.48 Å². The lowest BCUT2D eigenvalue weighted by Gasteiger charge is -2.31. The van der Waals surface area contributed by atoms with Crippen LogP contribution in [0.25, 0.3) is 0 Å². The van der Waals surface area contributed by atoms with Crippen LogP contribution in [-0.2, 0) is 4.79 Å². The van der Waals surface area contributed by atoms with Gasteiger partial charge in [-0.05, 0) is 31.6 Å². The maximum Gasteiger partial charge on any atom is 0.243 e. The van der Waals surface area contributed by atoms with E-state index in [1.54, 1.807) is 5.48 Å². The van der Waals surface area contributed by atoms with E-state index in [9.17, 15) is 4.79 Å². The predicted molar refractivity (Wildman–Crippen MR) is 70.9 cm³/mol. The first-order valence-electron chi connectivity index (χ1n) is 7.07. The highest BCUT2D eigenvalue weighted by molar-refractivity contribution is 5.74. The third kappa shape index (κ3) is 5.80. The largest absolute Gasteiger partial charge is 0.326 e. The summed E-state index contributed by atoms with van der Waals surface area (Å²) < 4.78 is 0. The summed E-state index contributed by atoms with van der Waals surface area (Å²) in [6.45, 7) is 0. The highest BCUT2D eigenvalue weighted by atomic mass is 16.5. The van der Waals surface area contributed by atoms with Gasteiger partial charge in [0.1, 0.15) is 0 Å². The second-order valence-corrected chi connectivity index (χ2v) is 5.49. The molecule has 1 aliphatic carbocycles. The average Bonchev–Trinajstić information content (AvgIpc) is 2.37. The molecular formula is C13H27N3O2. The van der Waals surface area contributed by atoms with Crippen LogP contribution in [0.4, 0.5) is 0 Å². The fourth-order valence-electron chi connectivity index (χ4n) is 2.71. The number of hydrogen-bond donors (Lipinski definition) is 4. The van der Waals surface area contributed by atoms with Gasteiger partial charge in [-0.2, -0.15) is 0 Å². The van der Waals surface area contributed by atoms with Gasteiger partial charge in [0.2, 0.25) is 5.91 Å². The van der Waals surface area contributed by atoms with E-state index in [4.69, 9.17) is 16.7 Å². The fraction of sp³-hybridized carbons (Fsp3) is 0.923. The number of nitrogens with one attached hydrogen (secondary N) is 1. The van der Waals surface area contributed by atoms with Gasteiger partial charge in [-0.1, -0.05) is 25.7 Å². The quantitative estimate of drug-likeness (QED) is 0.313. The second-order valence-electron chi connectivity index (χ2n) is 5.49. The Hall–Kier alpha value is -0.650. The number of amides is 1. The molecule has 5 nitrogen and oxygen atoms in total. The number of hydrogen-bond acceptors (Lipinski definition) is 4. The summed E-state index contributed by atoms with van der Waals surface area (Å²) in [7, 11) is 0. The van der Waals surface area contributed by atoms with Crippen LogP contribution in [0.2, 0.25) is 0 Å². The molecule has 1 aliphatic rings. The van der Waals surface area contributed by atoms with Crippen molar-refractivity contribution >= 4 is 5.91 Å². The third-order valence-corrected chi connectivity index (χ3v) is 3.95. The van der Waals surface area contributed by atoms with Gasteiger partial charge < -0.3 is 11.5 Å². The smallest absolute Gasteiger partial charge is 0.243 e. The molecule has 0 aromatic rings. The topological polar surface area (TPSA) is 101 Å². The van der Waals surface area contributed by atoms with Crippen LogP contribution in [0, 0.1) is 5.92 Å². The molecule has 106 valence electrons. The van der Waals surface area contributed by atoms with Crippen molar-refractivity contribution in [2.24, 2.45) is 17.4 Å². The predicted octanol–water partition coefficient (Wildman–Crippen LogP) is 1.29. The van der Waals surface area contributed by atoms with Crippen LogP contribution >= 0.6 is 0 Å². The summed E-state index contributed by atoms with van der Waals surface area (Å²) in [5.41, 5.74) is 13.5. The zero-order chi connectivity index (χ0) is 13.4. The Bertz CT molecular complexity index is 248. The molecule has 3 atom stereocenters. The first kappa shape index (κ1) is 15.4. The molecule has 0 saturated heterocycles. The molecule has 0 bridgehead atoms. The number of carbonyl (C=O) groups is 1. The number of nitrogens with two attached hydrogens (primary N) is 2. The molecule has 1 rings (SSSR count). The van der Waals surface area contributed by atoms with Gasteiger partial charge in [0.25, 0.3) is 0 Å². The summed E-state index contributed by atoms with van der Waals surface area (Å²) in [4.78, 5) is 10.8. The summed E-state index contributed by atoms with van der Waals surface area (Å²) in [5.74, 6) is 0.447. The molecule has 1 amide bonds. The molecule has 0 heterocycles. The zero-order valence-corrected chi connectivity index (χ0v) is 11.1. The highest BCUT2D eigenvalue weighted by Gasteiger charge is 2.24. The van der Waals surface area contributed by atoms with Gasteiger partial charge in [0.05, 0.1) is 0 Å². The molecule has 0 aliphatic heterocycles. The van der Waals surface area contributed by atoms with E-state index < -0.39 is 0 Å². The molecule has 1 unspecified atom stereocenters. The maximum atomic E-state index is 10.8.